The summed E-state index contributed by atoms with van der Waals surface area (Å²) >= 11 is 0. The van der Waals surface area contributed by atoms with E-state index in [9.17, 15) is 0 Å². The van der Waals surface area contributed by atoms with E-state index in [2.05, 4.69) is 0 Å². The van der Waals surface area contributed by atoms with Crippen molar-refractivity contribution >= 4 is 11.0 Å². The second-order valence-corrected chi connectivity index (χ2v) is 1.23. The summed E-state index contributed by atoms with van der Waals surface area (Å²) in [6.45, 7) is 5.42. The average Bonchev–Trinajstić information content (AvgIpc) is 1.91. The van der Waals surface area contributed by atoms with E-state index in [4.69, 9.17) is 14.9 Å². The van der Waals surface area contributed by atoms with Crippen LogP contribution in [0.3, 0.4) is 0 Å². The minimum absolute atomic E-state index is 0. The third-order valence-corrected chi connectivity index (χ3v) is 0.508. The molecule has 0 saturated carbocycles. The number of aliphatic hydroxyl groups excluding tert-OH is 2. The summed E-state index contributed by atoms with van der Waals surface area (Å²) < 4.78 is 4.83. The maximum Gasteiger partial charge on any atom is 0.0662 e. The highest BCUT2D eigenvalue weighted by atomic mass is 28.1. The van der Waals surface area contributed by atoms with Crippen LogP contribution < -0.4 is 0 Å². The lowest BCUT2D eigenvalue weighted by molar-refractivity contribution is 0.162. The third-order valence-electron chi connectivity index (χ3n) is 0.508. The predicted octanol–water partition coefficient (Wildman–Crippen LogP) is -1.44. The lowest BCUT2D eigenvalue weighted by atomic mass is 10.8. The summed E-state index contributed by atoms with van der Waals surface area (Å²) in [6.07, 6.45) is 0. The van der Waals surface area contributed by atoms with Gasteiger partial charge in [0.05, 0.1) is 13.2 Å². The van der Waals surface area contributed by atoms with Crippen molar-refractivity contribution in [3.05, 3.63) is 0 Å². The molecule has 0 aliphatic carbocycles. The van der Waals surface area contributed by atoms with E-state index < -0.39 is 0 Å². The summed E-state index contributed by atoms with van der Waals surface area (Å²) in [5.74, 6) is 0. The van der Waals surface area contributed by atoms with E-state index >= 15 is 0 Å². The van der Waals surface area contributed by atoms with Crippen LogP contribution in [0.1, 0.15) is 13.8 Å². The van der Waals surface area contributed by atoms with Gasteiger partial charge in [0.1, 0.15) is 0 Å². The van der Waals surface area contributed by atoms with Gasteiger partial charge in [-0.2, -0.15) is 0 Å². The van der Waals surface area contributed by atoms with Gasteiger partial charge in [-0.3, -0.25) is 0 Å². The molecule has 0 fully saturated rings. The van der Waals surface area contributed by atoms with E-state index in [0.29, 0.717) is 0 Å². The van der Waals surface area contributed by atoms with Crippen molar-refractivity contribution in [3.8, 4) is 0 Å². The standard InChI is InChI=1S/C4H10O.C2H6O2.H4Si/c1-3-5-4-2;3-1-2-4;/h3-4H2,1-2H3;3-4H,1-2H2;1H4. The number of hydrogen-bond donors (Lipinski definition) is 2. The van der Waals surface area contributed by atoms with Gasteiger partial charge in [0, 0.05) is 13.2 Å². The third kappa shape index (κ3) is 42.5. The van der Waals surface area contributed by atoms with Gasteiger partial charge in [0.15, 0.2) is 0 Å². The number of hydrogen-bond acceptors (Lipinski definition) is 3. The molecule has 0 rings (SSSR count). The molecule has 3 nitrogen and oxygen atoms in total. The molecule has 0 atom stereocenters. The summed E-state index contributed by atoms with van der Waals surface area (Å²) in [6, 6.07) is 0. The summed E-state index contributed by atoms with van der Waals surface area (Å²) in [5, 5.41) is 15.2. The molecule has 2 N–H and O–H groups in total. The van der Waals surface area contributed by atoms with Crippen molar-refractivity contribution in [1.29, 1.82) is 0 Å². The van der Waals surface area contributed by atoms with Crippen LogP contribution in [0.5, 0.6) is 0 Å². The normalized spacial score (nSPS) is 7.20. The molecule has 4 heteroatoms. The van der Waals surface area contributed by atoms with Crippen LogP contribution in [0.2, 0.25) is 0 Å². The SMILES string of the molecule is CCOCC.OCCO.[SiH4]. The fraction of sp³-hybridized carbons (Fsp3) is 1.00. The van der Waals surface area contributed by atoms with Crippen LogP contribution >= 0.6 is 0 Å². The Morgan fingerprint density at radius 3 is 1.30 bits per heavy atom. The zero-order valence-corrected chi connectivity index (χ0v) is 6.13. The zero-order chi connectivity index (χ0) is 7.54. The molecule has 0 bridgehead atoms. The lowest BCUT2D eigenvalue weighted by Crippen LogP contribution is -1.85. The Labute approximate surface area is 67.0 Å². The minimum atomic E-state index is -0.125. The highest BCUT2D eigenvalue weighted by molar-refractivity contribution is 5.75. The Morgan fingerprint density at radius 1 is 1.00 bits per heavy atom. The topological polar surface area (TPSA) is 49.7 Å². The molecule has 0 aromatic carbocycles. The van der Waals surface area contributed by atoms with Crippen LogP contribution in [0.25, 0.3) is 0 Å². The van der Waals surface area contributed by atoms with Crippen LogP contribution in [0, 0.1) is 0 Å². The second kappa shape index (κ2) is 23.0. The average molecular weight is 168 g/mol. The highest BCUT2D eigenvalue weighted by Gasteiger charge is 1.64. The molecule has 0 amide bonds. The van der Waals surface area contributed by atoms with Crippen molar-refractivity contribution in [2.24, 2.45) is 0 Å². The van der Waals surface area contributed by atoms with E-state index in [-0.39, 0.29) is 24.2 Å². The van der Waals surface area contributed by atoms with Crippen molar-refractivity contribution in [2.45, 2.75) is 13.8 Å². The van der Waals surface area contributed by atoms with Crippen LogP contribution in [0.15, 0.2) is 0 Å². The molecule has 0 unspecified atom stereocenters. The van der Waals surface area contributed by atoms with Gasteiger partial charge in [0.2, 0.25) is 0 Å². The van der Waals surface area contributed by atoms with E-state index in [1.165, 1.54) is 0 Å². The van der Waals surface area contributed by atoms with Gasteiger partial charge in [-0.1, -0.05) is 0 Å². The first-order chi connectivity index (χ1) is 4.33. The van der Waals surface area contributed by atoms with E-state index in [1.807, 2.05) is 13.8 Å². The predicted molar refractivity (Wildman–Crippen MR) is 47.7 cm³/mol. The van der Waals surface area contributed by atoms with Crippen LogP contribution in [-0.2, 0) is 4.74 Å². The number of aliphatic hydroxyl groups is 2. The van der Waals surface area contributed by atoms with Crippen molar-refractivity contribution in [2.75, 3.05) is 26.4 Å². The number of rotatable bonds is 3. The minimum Gasteiger partial charge on any atom is -0.394 e. The molecule has 0 saturated heterocycles. The lowest BCUT2D eigenvalue weighted by Gasteiger charge is -1.86. The molecule has 0 aromatic rings. The molecule has 10 heavy (non-hydrogen) atoms. The highest BCUT2D eigenvalue weighted by Crippen LogP contribution is 1.64. The quantitative estimate of drug-likeness (QED) is 0.508. The Morgan fingerprint density at radius 2 is 1.30 bits per heavy atom. The van der Waals surface area contributed by atoms with E-state index in [0.717, 1.165) is 13.2 Å². The first-order valence-electron chi connectivity index (χ1n) is 3.12. The van der Waals surface area contributed by atoms with Gasteiger partial charge in [-0.25, -0.2) is 0 Å². The van der Waals surface area contributed by atoms with Crippen molar-refractivity contribution in [1.82, 2.24) is 0 Å². The summed E-state index contributed by atoms with van der Waals surface area (Å²) in [4.78, 5) is 0. The van der Waals surface area contributed by atoms with Gasteiger partial charge >= 0.3 is 0 Å². The van der Waals surface area contributed by atoms with Gasteiger partial charge in [-0.05, 0) is 24.8 Å². The van der Waals surface area contributed by atoms with Crippen LogP contribution in [0.4, 0.5) is 0 Å². The summed E-state index contributed by atoms with van der Waals surface area (Å²) in [7, 11) is 0. The first-order valence-corrected chi connectivity index (χ1v) is 3.12. The van der Waals surface area contributed by atoms with Gasteiger partial charge in [-0.15, -0.1) is 0 Å². The van der Waals surface area contributed by atoms with Crippen molar-refractivity contribution in [3.63, 3.8) is 0 Å². The zero-order valence-electron chi connectivity index (χ0n) is 6.13. The monoisotopic (exact) mass is 168 g/mol. The summed E-state index contributed by atoms with van der Waals surface area (Å²) in [5.41, 5.74) is 0. The molecular formula is C6H20O3Si. The fourth-order valence-corrected chi connectivity index (χ4v) is 0.204. The van der Waals surface area contributed by atoms with Crippen molar-refractivity contribution < 1.29 is 14.9 Å². The Bertz CT molecular complexity index is 32.2. The Balaban J connectivity index is -0.0000000910. The van der Waals surface area contributed by atoms with Gasteiger partial charge < -0.3 is 14.9 Å². The van der Waals surface area contributed by atoms with Gasteiger partial charge in [0.25, 0.3) is 0 Å². The maximum absolute atomic E-state index is 7.62. The largest absolute Gasteiger partial charge is 0.394 e. The molecule has 0 radical (unpaired) electrons. The fourth-order valence-electron chi connectivity index (χ4n) is 0.204. The van der Waals surface area contributed by atoms with Crippen LogP contribution in [-0.4, -0.2) is 47.6 Å². The molecule has 0 aliphatic heterocycles. The molecule has 0 spiro atoms. The molecule has 66 valence electrons. The maximum atomic E-state index is 7.62. The second-order valence-electron chi connectivity index (χ2n) is 1.23. The number of ether oxygens (including phenoxy) is 1. The Kier molecular flexibility index (Phi) is 38.1. The Hall–Kier alpha value is 0.0969. The molecule has 0 heterocycles. The smallest absolute Gasteiger partial charge is 0.0662 e. The first kappa shape index (κ1) is 16.6. The molecule has 0 aromatic heterocycles. The molecular weight excluding hydrogens is 148 g/mol. The molecule has 0 aliphatic rings. The van der Waals surface area contributed by atoms with E-state index in [1.54, 1.807) is 0 Å².